The fraction of sp³-hybridized carbons (Fsp3) is 0.130. The monoisotopic (exact) mass is 397 g/mol. The molecule has 0 saturated carbocycles. The molecule has 3 heterocycles. The van der Waals surface area contributed by atoms with Gasteiger partial charge >= 0.3 is 5.63 Å². The van der Waals surface area contributed by atoms with Crippen LogP contribution in [0.2, 0.25) is 0 Å². The Morgan fingerprint density at radius 3 is 2.63 bits per heavy atom. The smallest absolute Gasteiger partial charge is 0.343 e. The summed E-state index contributed by atoms with van der Waals surface area (Å²) < 4.78 is 7.75. The van der Waals surface area contributed by atoms with Crippen LogP contribution in [0, 0.1) is 6.92 Å². The molecule has 0 spiro atoms. The van der Waals surface area contributed by atoms with Crippen LogP contribution in [0.4, 0.5) is 5.82 Å². The van der Waals surface area contributed by atoms with E-state index in [0.29, 0.717) is 28.1 Å². The highest BCUT2D eigenvalue weighted by Crippen LogP contribution is 2.36. The molecular formula is C23H19N5O2. The summed E-state index contributed by atoms with van der Waals surface area (Å²) in [4.78, 5) is 25.5. The number of nitrogen functional groups attached to an aromatic ring is 1. The van der Waals surface area contributed by atoms with Crippen molar-refractivity contribution in [1.29, 1.82) is 0 Å². The zero-order valence-electron chi connectivity index (χ0n) is 16.5. The number of benzene rings is 2. The number of fused-ring (bicyclic) bond motifs is 2. The first-order valence-electron chi connectivity index (χ1n) is 9.60. The van der Waals surface area contributed by atoms with Crippen molar-refractivity contribution in [2.45, 2.75) is 19.9 Å². The van der Waals surface area contributed by atoms with Crippen molar-refractivity contribution in [1.82, 2.24) is 19.5 Å². The lowest BCUT2D eigenvalue weighted by Gasteiger charge is -2.18. The Bertz CT molecular complexity index is 1470. The van der Waals surface area contributed by atoms with Crippen molar-refractivity contribution < 1.29 is 4.42 Å². The van der Waals surface area contributed by atoms with Crippen LogP contribution in [0.5, 0.6) is 0 Å². The van der Waals surface area contributed by atoms with Gasteiger partial charge in [0.25, 0.3) is 0 Å². The maximum atomic E-state index is 12.8. The number of hydrogen-bond acceptors (Lipinski definition) is 6. The molecule has 0 fully saturated rings. The average molecular weight is 397 g/mol. The molecule has 0 aliphatic heterocycles. The molecule has 5 aromatic rings. The lowest BCUT2D eigenvalue weighted by molar-refractivity contribution is 0.420. The summed E-state index contributed by atoms with van der Waals surface area (Å²) in [6.07, 6.45) is 3.05. The number of aromatic nitrogens is 4. The van der Waals surface area contributed by atoms with Gasteiger partial charge in [0.1, 0.15) is 17.6 Å². The minimum Gasteiger partial charge on any atom is -0.425 e. The van der Waals surface area contributed by atoms with Crippen LogP contribution in [0.3, 0.4) is 0 Å². The van der Waals surface area contributed by atoms with E-state index >= 15 is 0 Å². The van der Waals surface area contributed by atoms with E-state index in [-0.39, 0.29) is 11.7 Å². The van der Waals surface area contributed by atoms with E-state index in [2.05, 4.69) is 21.0 Å². The van der Waals surface area contributed by atoms with Gasteiger partial charge in [0.15, 0.2) is 11.5 Å². The SMILES string of the molecule is Cc1cccc(-c2c(C(C)n3cnc4c(N)ncnc43)oc(=O)c3ccccc23)c1. The molecule has 2 aromatic carbocycles. The minimum absolute atomic E-state index is 0.310. The second-order valence-corrected chi connectivity index (χ2v) is 7.30. The van der Waals surface area contributed by atoms with E-state index < -0.39 is 0 Å². The molecule has 5 rings (SSSR count). The van der Waals surface area contributed by atoms with E-state index in [0.717, 1.165) is 22.1 Å². The quantitative estimate of drug-likeness (QED) is 0.492. The summed E-state index contributed by atoms with van der Waals surface area (Å²) in [6.45, 7) is 3.99. The van der Waals surface area contributed by atoms with Gasteiger partial charge in [-0.1, -0.05) is 48.0 Å². The van der Waals surface area contributed by atoms with Crippen molar-refractivity contribution in [3.8, 4) is 11.1 Å². The molecule has 0 radical (unpaired) electrons. The fourth-order valence-electron chi connectivity index (χ4n) is 3.89. The summed E-state index contributed by atoms with van der Waals surface area (Å²) in [5, 5.41) is 1.40. The van der Waals surface area contributed by atoms with Gasteiger partial charge in [-0.05, 0) is 25.5 Å². The van der Waals surface area contributed by atoms with Gasteiger partial charge in [-0.3, -0.25) is 0 Å². The standard InChI is InChI=1S/C23H19N5O2/c1-13-6-5-7-15(10-13)18-16-8-3-4-9-17(16)23(29)30-20(18)14(2)28-12-27-19-21(24)25-11-26-22(19)28/h3-12,14H,1-2H3,(H2,24,25,26). The predicted molar refractivity (Wildman–Crippen MR) is 116 cm³/mol. The third-order valence-electron chi connectivity index (χ3n) is 5.36. The number of imidazole rings is 1. The van der Waals surface area contributed by atoms with E-state index in [1.54, 1.807) is 12.4 Å². The molecule has 0 saturated heterocycles. The topological polar surface area (TPSA) is 99.8 Å². The summed E-state index contributed by atoms with van der Waals surface area (Å²) in [5.41, 5.74) is 9.66. The zero-order valence-corrected chi connectivity index (χ0v) is 16.5. The Balaban J connectivity index is 1.83. The molecule has 3 aromatic heterocycles. The maximum absolute atomic E-state index is 12.8. The van der Waals surface area contributed by atoms with Crippen LogP contribution in [0.25, 0.3) is 33.1 Å². The Labute approximate surface area is 171 Å². The number of nitrogens with two attached hydrogens (primary N) is 1. The molecule has 0 bridgehead atoms. The third kappa shape index (κ3) is 2.75. The van der Waals surface area contributed by atoms with E-state index in [9.17, 15) is 4.79 Å². The molecule has 7 heteroatoms. The summed E-state index contributed by atoms with van der Waals surface area (Å²) >= 11 is 0. The largest absolute Gasteiger partial charge is 0.425 e. The predicted octanol–water partition coefficient (Wildman–Crippen LogP) is 4.10. The third-order valence-corrected chi connectivity index (χ3v) is 5.36. The number of rotatable bonds is 3. The van der Waals surface area contributed by atoms with Gasteiger partial charge in [0.2, 0.25) is 0 Å². The normalized spacial score (nSPS) is 12.5. The van der Waals surface area contributed by atoms with Crippen LogP contribution in [0.15, 0.2) is 70.4 Å². The first-order valence-corrected chi connectivity index (χ1v) is 9.60. The van der Waals surface area contributed by atoms with Crippen LogP contribution in [-0.2, 0) is 0 Å². The van der Waals surface area contributed by atoms with Crippen LogP contribution < -0.4 is 11.4 Å². The van der Waals surface area contributed by atoms with Crippen molar-refractivity contribution in [3.63, 3.8) is 0 Å². The first kappa shape index (κ1) is 18.1. The Hall–Kier alpha value is -4.00. The molecule has 2 N–H and O–H groups in total. The Kier molecular flexibility index (Phi) is 4.10. The molecule has 1 atom stereocenters. The van der Waals surface area contributed by atoms with E-state index in [4.69, 9.17) is 10.2 Å². The van der Waals surface area contributed by atoms with Gasteiger partial charge in [-0.2, -0.15) is 0 Å². The zero-order chi connectivity index (χ0) is 20.8. The highest BCUT2D eigenvalue weighted by atomic mass is 16.4. The summed E-state index contributed by atoms with van der Waals surface area (Å²) in [5.74, 6) is 0.852. The first-order chi connectivity index (χ1) is 14.5. The molecule has 30 heavy (non-hydrogen) atoms. The van der Waals surface area contributed by atoms with Crippen LogP contribution >= 0.6 is 0 Å². The van der Waals surface area contributed by atoms with Gasteiger partial charge in [0.05, 0.1) is 17.8 Å². The van der Waals surface area contributed by atoms with E-state index in [1.165, 1.54) is 6.33 Å². The van der Waals surface area contributed by atoms with E-state index in [1.807, 2.05) is 54.8 Å². The second-order valence-electron chi connectivity index (χ2n) is 7.30. The molecule has 0 aliphatic carbocycles. The Morgan fingerprint density at radius 2 is 1.83 bits per heavy atom. The molecule has 0 aliphatic rings. The molecule has 0 amide bonds. The van der Waals surface area contributed by atoms with Crippen molar-refractivity contribution >= 4 is 27.8 Å². The lowest BCUT2D eigenvalue weighted by Crippen LogP contribution is -2.13. The molecule has 7 nitrogen and oxygen atoms in total. The average Bonchev–Trinajstić information content (AvgIpc) is 3.19. The highest BCUT2D eigenvalue weighted by Gasteiger charge is 2.23. The number of anilines is 1. The van der Waals surface area contributed by atoms with Crippen molar-refractivity contribution in [2.24, 2.45) is 0 Å². The summed E-state index contributed by atoms with van der Waals surface area (Å²) in [6, 6.07) is 15.3. The fourth-order valence-corrected chi connectivity index (χ4v) is 3.89. The van der Waals surface area contributed by atoms with Gasteiger partial charge < -0.3 is 14.7 Å². The number of nitrogens with zero attached hydrogens (tertiary/aromatic N) is 4. The van der Waals surface area contributed by atoms with Gasteiger partial charge in [-0.25, -0.2) is 19.7 Å². The maximum Gasteiger partial charge on any atom is 0.343 e. The molecule has 148 valence electrons. The van der Waals surface area contributed by atoms with Crippen LogP contribution in [-0.4, -0.2) is 19.5 Å². The second kappa shape index (κ2) is 6.81. The molecular weight excluding hydrogens is 378 g/mol. The minimum atomic E-state index is -0.373. The lowest BCUT2D eigenvalue weighted by atomic mass is 9.95. The summed E-state index contributed by atoms with van der Waals surface area (Å²) in [7, 11) is 0. The number of hydrogen-bond donors (Lipinski definition) is 1. The van der Waals surface area contributed by atoms with Crippen molar-refractivity contribution in [3.05, 3.63) is 82.9 Å². The van der Waals surface area contributed by atoms with Crippen LogP contribution in [0.1, 0.15) is 24.3 Å². The molecule has 1 unspecified atom stereocenters. The highest BCUT2D eigenvalue weighted by molar-refractivity contribution is 5.97. The number of aryl methyl sites for hydroxylation is 1. The van der Waals surface area contributed by atoms with Gasteiger partial charge in [-0.15, -0.1) is 0 Å². The Morgan fingerprint density at radius 1 is 1.03 bits per heavy atom. The van der Waals surface area contributed by atoms with Gasteiger partial charge in [0, 0.05) is 10.9 Å². The van der Waals surface area contributed by atoms with Crippen molar-refractivity contribution in [2.75, 3.05) is 5.73 Å².